The smallest absolute Gasteiger partial charge is 0.344 e. The molecule has 2 N–H and O–H groups in total. The molecule has 0 spiro atoms. The number of carbonyl (C=O) groups is 1. The van der Waals surface area contributed by atoms with Crippen LogP contribution in [0.15, 0.2) is 12.1 Å². The first-order valence-corrected chi connectivity index (χ1v) is 5.81. The van der Waals surface area contributed by atoms with E-state index >= 15 is 0 Å². The van der Waals surface area contributed by atoms with E-state index in [1.165, 1.54) is 7.11 Å². The minimum Gasteiger partial charge on any atom is -0.496 e. The molecule has 0 aliphatic heterocycles. The second-order valence-corrected chi connectivity index (χ2v) is 3.94. The fourth-order valence-corrected chi connectivity index (χ4v) is 1.52. The van der Waals surface area contributed by atoms with E-state index in [2.05, 4.69) is 0 Å². The Balaban J connectivity index is 3.20. The Morgan fingerprint density at radius 2 is 1.94 bits per heavy atom. The maximum absolute atomic E-state index is 12.0. The topological polar surface area (TPSA) is 70.8 Å². The summed E-state index contributed by atoms with van der Waals surface area (Å²) in [6.07, 6.45) is -0.225. The van der Waals surface area contributed by atoms with Crippen molar-refractivity contribution >= 4 is 11.7 Å². The van der Waals surface area contributed by atoms with E-state index in [-0.39, 0.29) is 17.4 Å². The SMILES string of the molecule is CCOc1ccc(OC)c(C(=O)OC(C)C)c1N. The summed E-state index contributed by atoms with van der Waals surface area (Å²) in [6, 6.07) is 3.31. The van der Waals surface area contributed by atoms with E-state index < -0.39 is 5.97 Å². The molecule has 5 nitrogen and oxygen atoms in total. The van der Waals surface area contributed by atoms with E-state index in [0.717, 1.165) is 0 Å². The second-order valence-electron chi connectivity index (χ2n) is 3.94. The van der Waals surface area contributed by atoms with Crippen molar-refractivity contribution in [3.8, 4) is 11.5 Å². The molecule has 0 aromatic heterocycles. The summed E-state index contributed by atoms with van der Waals surface area (Å²) in [5.74, 6) is 0.316. The lowest BCUT2D eigenvalue weighted by atomic mass is 10.1. The number of hydrogen-bond acceptors (Lipinski definition) is 5. The molecule has 5 heteroatoms. The van der Waals surface area contributed by atoms with Crippen LogP contribution in [-0.2, 0) is 4.74 Å². The first kappa shape index (κ1) is 14.2. The van der Waals surface area contributed by atoms with Gasteiger partial charge in [0, 0.05) is 0 Å². The standard InChI is InChI=1S/C13H19NO4/c1-5-17-10-7-6-9(16-4)11(12(10)14)13(15)18-8(2)3/h6-8H,5,14H2,1-4H3. The molecule has 1 aromatic carbocycles. The van der Waals surface area contributed by atoms with Gasteiger partial charge in [-0.2, -0.15) is 0 Å². The molecule has 1 rings (SSSR count). The predicted molar refractivity (Wildman–Crippen MR) is 69.1 cm³/mol. The molecule has 0 heterocycles. The number of carbonyl (C=O) groups excluding carboxylic acids is 1. The zero-order valence-corrected chi connectivity index (χ0v) is 11.1. The molecule has 0 saturated carbocycles. The summed E-state index contributed by atoms with van der Waals surface area (Å²) in [5, 5.41) is 0. The molecule has 0 aliphatic carbocycles. The molecule has 0 atom stereocenters. The highest BCUT2D eigenvalue weighted by atomic mass is 16.5. The average molecular weight is 253 g/mol. The number of esters is 1. The fraction of sp³-hybridized carbons (Fsp3) is 0.462. The van der Waals surface area contributed by atoms with Crippen LogP contribution in [0.3, 0.4) is 0 Å². The molecule has 1 aromatic rings. The molecular weight excluding hydrogens is 234 g/mol. The van der Waals surface area contributed by atoms with Gasteiger partial charge in [-0.15, -0.1) is 0 Å². The third-order valence-electron chi connectivity index (χ3n) is 2.23. The summed E-state index contributed by atoms with van der Waals surface area (Å²) >= 11 is 0. The van der Waals surface area contributed by atoms with Crippen LogP contribution in [0.25, 0.3) is 0 Å². The third-order valence-corrected chi connectivity index (χ3v) is 2.23. The van der Waals surface area contributed by atoms with Crippen LogP contribution in [0.1, 0.15) is 31.1 Å². The Hall–Kier alpha value is -1.91. The first-order chi connectivity index (χ1) is 8.51. The van der Waals surface area contributed by atoms with Gasteiger partial charge < -0.3 is 19.9 Å². The minimum absolute atomic E-state index is 0.206. The number of methoxy groups -OCH3 is 1. The number of anilines is 1. The quantitative estimate of drug-likeness (QED) is 0.643. The van der Waals surface area contributed by atoms with E-state index in [1.807, 2.05) is 6.92 Å². The second kappa shape index (κ2) is 6.14. The molecular formula is C13H19NO4. The van der Waals surface area contributed by atoms with Crippen molar-refractivity contribution in [2.24, 2.45) is 0 Å². The van der Waals surface area contributed by atoms with Crippen molar-refractivity contribution in [2.75, 3.05) is 19.5 Å². The van der Waals surface area contributed by atoms with Crippen LogP contribution in [0.4, 0.5) is 5.69 Å². The maximum atomic E-state index is 12.0. The first-order valence-electron chi connectivity index (χ1n) is 5.81. The number of ether oxygens (including phenoxy) is 3. The summed E-state index contributed by atoms with van der Waals surface area (Å²) in [4.78, 5) is 12.0. The van der Waals surface area contributed by atoms with Crippen LogP contribution in [0.5, 0.6) is 11.5 Å². The molecule has 0 bridgehead atoms. The van der Waals surface area contributed by atoms with Crippen molar-refractivity contribution in [2.45, 2.75) is 26.9 Å². The number of nitrogen functional groups attached to an aromatic ring is 1. The van der Waals surface area contributed by atoms with Crippen LogP contribution in [-0.4, -0.2) is 25.8 Å². The van der Waals surface area contributed by atoms with Gasteiger partial charge in [-0.25, -0.2) is 4.79 Å². The highest BCUT2D eigenvalue weighted by Crippen LogP contribution is 2.33. The van der Waals surface area contributed by atoms with Crippen molar-refractivity contribution in [1.82, 2.24) is 0 Å². The maximum Gasteiger partial charge on any atom is 0.344 e. The molecule has 0 fully saturated rings. The van der Waals surface area contributed by atoms with Crippen LogP contribution in [0, 0.1) is 0 Å². The van der Waals surface area contributed by atoms with Gasteiger partial charge in [-0.05, 0) is 32.9 Å². The summed E-state index contributed by atoms with van der Waals surface area (Å²) in [7, 11) is 1.47. The van der Waals surface area contributed by atoms with E-state index in [4.69, 9.17) is 19.9 Å². The number of nitrogens with two attached hydrogens (primary N) is 1. The number of rotatable bonds is 5. The predicted octanol–water partition coefficient (Wildman–Crippen LogP) is 2.24. The summed E-state index contributed by atoms with van der Waals surface area (Å²) in [6.45, 7) is 5.85. The van der Waals surface area contributed by atoms with Gasteiger partial charge >= 0.3 is 5.97 Å². The average Bonchev–Trinajstić information content (AvgIpc) is 2.30. The Bertz CT molecular complexity index is 429. The number of benzene rings is 1. The van der Waals surface area contributed by atoms with Crippen molar-refractivity contribution in [3.05, 3.63) is 17.7 Å². The van der Waals surface area contributed by atoms with Crippen molar-refractivity contribution in [1.29, 1.82) is 0 Å². The van der Waals surface area contributed by atoms with Gasteiger partial charge in [0.15, 0.2) is 0 Å². The van der Waals surface area contributed by atoms with E-state index in [9.17, 15) is 4.79 Å². The van der Waals surface area contributed by atoms with Crippen LogP contribution >= 0.6 is 0 Å². The van der Waals surface area contributed by atoms with Crippen molar-refractivity contribution in [3.63, 3.8) is 0 Å². The Labute approximate surface area is 107 Å². The van der Waals surface area contributed by atoms with Gasteiger partial charge in [-0.1, -0.05) is 0 Å². The van der Waals surface area contributed by atoms with E-state index in [0.29, 0.717) is 18.1 Å². The molecule has 0 saturated heterocycles. The van der Waals surface area contributed by atoms with E-state index in [1.54, 1.807) is 26.0 Å². The largest absolute Gasteiger partial charge is 0.496 e. The minimum atomic E-state index is -0.513. The van der Waals surface area contributed by atoms with Crippen LogP contribution in [0.2, 0.25) is 0 Å². The fourth-order valence-electron chi connectivity index (χ4n) is 1.52. The lowest BCUT2D eigenvalue weighted by molar-refractivity contribution is 0.0375. The lowest BCUT2D eigenvalue weighted by Crippen LogP contribution is -2.15. The van der Waals surface area contributed by atoms with Gasteiger partial charge in [0.05, 0.1) is 25.5 Å². The monoisotopic (exact) mass is 253 g/mol. The zero-order valence-electron chi connectivity index (χ0n) is 11.1. The summed E-state index contributed by atoms with van der Waals surface area (Å²) < 4.78 is 15.6. The van der Waals surface area contributed by atoms with Crippen LogP contribution < -0.4 is 15.2 Å². The van der Waals surface area contributed by atoms with Gasteiger partial charge in [0.1, 0.15) is 17.1 Å². The molecule has 0 aliphatic rings. The molecule has 18 heavy (non-hydrogen) atoms. The Morgan fingerprint density at radius 1 is 1.33 bits per heavy atom. The Morgan fingerprint density at radius 3 is 2.44 bits per heavy atom. The lowest BCUT2D eigenvalue weighted by Gasteiger charge is -2.15. The van der Waals surface area contributed by atoms with Gasteiger partial charge in [0.2, 0.25) is 0 Å². The highest BCUT2D eigenvalue weighted by molar-refractivity contribution is 5.99. The zero-order chi connectivity index (χ0) is 13.7. The van der Waals surface area contributed by atoms with Gasteiger partial charge in [0.25, 0.3) is 0 Å². The van der Waals surface area contributed by atoms with Crippen molar-refractivity contribution < 1.29 is 19.0 Å². The molecule has 0 radical (unpaired) electrons. The molecule has 100 valence electrons. The molecule has 0 amide bonds. The van der Waals surface area contributed by atoms with Gasteiger partial charge in [-0.3, -0.25) is 0 Å². The Kier molecular flexibility index (Phi) is 4.83. The third kappa shape index (κ3) is 3.06. The molecule has 0 unspecified atom stereocenters. The summed E-state index contributed by atoms with van der Waals surface area (Å²) in [5.41, 5.74) is 6.36. The highest BCUT2D eigenvalue weighted by Gasteiger charge is 2.21. The normalized spacial score (nSPS) is 10.3. The number of hydrogen-bond donors (Lipinski definition) is 1.